The molecule has 1 aliphatic heterocycles. The van der Waals surface area contributed by atoms with Crippen LogP contribution in [0.15, 0.2) is 48.5 Å². The molecule has 0 aliphatic carbocycles. The van der Waals surface area contributed by atoms with Gasteiger partial charge < -0.3 is 14.2 Å². The van der Waals surface area contributed by atoms with Crippen LogP contribution in [0.5, 0.6) is 17.2 Å². The minimum Gasteiger partial charge on any atom is -0.493 e. The van der Waals surface area contributed by atoms with E-state index in [0.717, 1.165) is 43.7 Å². The van der Waals surface area contributed by atoms with Gasteiger partial charge in [0.05, 0.1) is 21.3 Å². The molecule has 0 radical (unpaired) electrons. The predicted octanol–water partition coefficient (Wildman–Crippen LogP) is 4.73. The van der Waals surface area contributed by atoms with Crippen molar-refractivity contribution >= 4 is 18.7 Å². The minimum absolute atomic E-state index is 0.402. The Labute approximate surface area is 179 Å². The molecule has 1 fully saturated rings. The van der Waals surface area contributed by atoms with E-state index in [1.807, 2.05) is 12.1 Å². The highest BCUT2D eigenvalue weighted by Crippen LogP contribution is 2.41. The average Bonchev–Trinajstić information content (AvgIpc) is 2.75. The normalized spacial score (nSPS) is 20.0. The van der Waals surface area contributed by atoms with Crippen LogP contribution in [0, 0.1) is 0 Å². The highest BCUT2D eigenvalue weighted by molar-refractivity contribution is 7.80. The number of rotatable bonds is 8. The maximum absolute atomic E-state index is 5.70. The average molecular weight is 414 g/mol. The van der Waals surface area contributed by atoms with Crippen molar-refractivity contribution in [3.05, 3.63) is 59.7 Å². The topological polar surface area (TPSA) is 30.9 Å². The smallest absolute Gasteiger partial charge is 0.203 e. The van der Waals surface area contributed by atoms with Crippen molar-refractivity contribution in [1.82, 2.24) is 4.90 Å². The number of nitrogens with zero attached hydrogens (tertiary/aromatic N) is 1. The van der Waals surface area contributed by atoms with Crippen LogP contribution in [0.1, 0.15) is 24.0 Å². The maximum Gasteiger partial charge on any atom is 0.203 e. The second-order valence-electron chi connectivity index (χ2n) is 7.34. The largest absolute Gasteiger partial charge is 0.493 e. The van der Waals surface area contributed by atoms with Crippen LogP contribution >= 0.6 is 12.6 Å². The fourth-order valence-corrected chi connectivity index (χ4v) is 4.36. The van der Waals surface area contributed by atoms with Gasteiger partial charge in [-0.2, -0.15) is 12.6 Å². The Morgan fingerprint density at radius 2 is 1.76 bits per heavy atom. The molecule has 2 unspecified atom stereocenters. The van der Waals surface area contributed by atoms with E-state index in [0.29, 0.717) is 22.8 Å². The molecule has 0 saturated carbocycles. The highest BCUT2D eigenvalue weighted by atomic mass is 32.1. The van der Waals surface area contributed by atoms with E-state index in [2.05, 4.69) is 47.4 Å². The van der Waals surface area contributed by atoms with Gasteiger partial charge in [0.25, 0.3) is 0 Å². The summed E-state index contributed by atoms with van der Waals surface area (Å²) in [6.45, 7) is 1.98. The molecule has 2 aromatic rings. The molecule has 1 heterocycles. The standard InChI is InChI=1S/C24H31NO3S/c1-26-22-12-11-19(23(27-2)24(22)28-3)16-20-17-21(29)13-15-25(20)14-7-10-18-8-5-4-6-9-18/h4-12,20-21,29H,13-17H2,1-3H3/b10-7+. The number of hydrogen-bond donors (Lipinski definition) is 1. The SMILES string of the molecule is COc1ccc(CC2CC(S)CCN2C/C=C/c2ccccc2)c(OC)c1OC. The van der Waals surface area contributed by atoms with Gasteiger partial charge in [0, 0.05) is 17.8 Å². The first kappa shape index (κ1) is 21.6. The number of methoxy groups -OCH3 is 3. The zero-order chi connectivity index (χ0) is 20.6. The second-order valence-corrected chi connectivity index (χ2v) is 8.07. The third-order valence-corrected chi connectivity index (χ3v) is 5.97. The van der Waals surface area contributed by atoms with Crippen molar-refractivity contribution in [2.45, 2.75) is 30.6 Å². The summed E-state index contributed by atoms with van der Waals surface area (Å²) in [7, 11) is 4.98. The van der Waals surface area contributed by atoms with E-state index in [4.69, 9.17) is 26.8 Å². The third-order valence-electron chi connectivity index (χ3n) is 5.50. The first-order valence-electron chi connectivity index (χ1n) is 10.1. The molecule has 2 aromatic carbocycles. The summed E-state index contributed by atoms with van der Waals surface area (Å²) in [6, 6.07) is 14.9. The molecule has 1 aliphatic rings. The Bertz CT molecular complexity index is 809. The van der Waals surface area contributed by atoms with Gasteiger partial charge in [-0.25, -0.2) is 0 Å². The minimum atomic E-state index is 0.402. The summed E-state index contributed by atoms with van der Waals surface area (Å²) in [5, 5.41) is 0.431. The lowest BCUT2D eigenvalue weighted by Gasteiger charge is -2.38. The molecule has 0 bridgehead atoms. The van der Waals surface area contributed by atoms with Crippen LogP contribution in [0.4, 0.5) is 0 Å². The molecular weight excluding hydrogens is 382 g/mol. The molecule has 1 saturated heterocycles. The van der Waals surface area contributed by atoms with E-state index in [1.54, 1.807) is 21.3 Å². The number of benzene rings is 2. The lowest BCUT2D eigenvalue weighted by Crippen LogP contribution is -2.44. The van der Waals surface area contributed by atoms with Crippen molar-refractivity contribution < 1.29 is 14.2 Å². The lowest BCUT2D eigenvalue weighted by molar-refractivity contribution is 0.167. The number of piperidine rings is 1. The van der Waals surface area contributed by atoms with Crippen molar-refractivity contribution in [1.29, 1.82) is 0 Å². The summed E-state index contributed by atoms with van der Waals surface area (Å²) in [5.41, 5.74) is 2.37. The predicted molar refractivity (Wildman–Crippen MR) is 123 cm³/mol. The van der Waals surface area contributed by atoms with Gasteiger partial charge in [-0.1, -0.05) is 48.6 Å². The third kappa shape index (κ3) is 5.49. The summed E-state index contributed by atoms with van der Waals surface area (Å²) < 4.78 is 16.7. The molecule has 0 N–H and O–H groups in total. The van der Waals surface area contributed by atoms with Gasteiger partial charge in [0.2, 0.25) is 5.75 Å². The summed E-state index contributed by atoms with van der Waals surface area (Å²) in [5.74, 6) is 2.10. The summed E-state index contributed by atoms with van der Waals surface area (Å²) in [4.78, 5) is 2.54. The molecule has 2 atom stereocenters. The molecule has 4 nitrogen and oxygen atoms in total. The second kappa shape index (κ2) is 10.6. The zero-order valence-electron chi connectivity index (χ0n) is 17.5. The van der Waals surface area contributed by atoms with Gasteiger partial charge in [0.15, 0.2) is 11.5 Å². The maximum atomic E-state index is 5.70. The van der Waals surface area contributed by atoms with Crippen LogP contribution in [-0.4, -0.2) is 50.6 Å². The number of thiol groups is 1. The van der Waals surface area contributed by atoms with Gasteiger partial charge in [-0.3, -0.25) is 4.90 Å². The van der Waals surface area contributed by atoms with Crippen molar-refractivity contribution in [2.24, 2.45) is 0 Å². The van der Waals surface area contributed by atoms with Crippen LogP contribution in [0.2, 0.25) is 0 Å². The molecule has 5 heteroatoms. The Morgan fingerprint density at radius 1 is 1.00 bits per heavy atom. The van der Waals surface area contributed by atoms with Crippen LogP contribution in [-0.2, 0) is 6.42 Å². The monoisotopic (exact) mass is 413 g/mol. The van der Waals surface area contributed by atoms with Gasteiger partial charge >= 0.3 is 0 Å². The Hall–Kier alpha value is -2.11. The molecular formula is C24H31NO3S. The van der Waals surface area contributed by atoms with E-state index in [9.17, 15) is 0 Å². The van der Waals surface area contributed by atoms with Crippen molar-refractivity contribution in [3.8, 4) is 17.2 Å². The number of likely N-dealkylation sites (tertiary alicyclic amines) is 1. The quantitative estimate of drug-likeness (QED) is 0.634. The van der Waals surface area contributed by atoms with E-state index in [-0.39, 0.29) is 0 Å². The lowest BCUT2D eigenvalue weighted by atomic mass is 9.94. The zero-order valence-corrected chi connectivity index (χ0v) is 18.4. The van der Waals surface area contributed by atoms with Gasteiger partial charge in [-0.05, 0) is 43.0 Å². The van der Waals surface area contributed by atoms with E-state index in [1.165, 1.54) is 5.56 Å². The highest BCUT2D eigenvalue weighted by Gasteiger charge is 2.28. The van der Waals surface area contributed by atoms with E-state index >= 15 is 0 Å². The summed E-state index contributed by atoms with van der Waals surface area (Å²) in [6.07, 6.45) is 7.51. The molecule has 29 heavy (non-hydrogen) atoms. The van der Waals surface area contributed by atoms with Crippen LogP contribution in [0.3, 0.4) is 0 Å². The van der Waals surface area contributed by atoms with E-state index < -0.39 is 0 Å². The first-order valence-corrected chi connectivity index (χ1v) is 10.6. The molecule has 0 amide bonds. The fourth-order valence-electron chi connectivity index (χ4n) is 4.00. The molecule has 3 rings (SSSR count). The molecule has 156 valence electrons. The number of hydrogen-bond acceptors (Lipinski definition) is 5. The van der Waals surface area contributed by atoms with Gasteiger partial charge in [-0.15, -0.1) is 0 Å². The van der Waals surface area contributed by atoms with Crippen molar-refractivity contribution in [2.75, 3.05) is 34.4 Å². The Kier molecular flexibility index (Phi) is 7.90. The van der Waals surface area contributed by atoms with Gasteiger partial charge in [0.1, 0.15) is 0 Å². The first-order chi connectivity index (χ1) is 14.2. The van der Waals surface area contributed by atoms with Crippen LogP contribution < -0.4 is 14.2 Å². The molecule has 0 aromatic heterocycles. The fraction of sp³-hybridized carbons (Fsp3) is 0.417. The van der Waals surface area contributed by atoms with Crippen LogP contribution in [0.25, 0.3) is 6.08 Å². The van der Waals surface area contributed by atoms with Crippen molar-refractivity contribution in [3.63, 3.8) is 0 Å². The Morgan fingerprint density at radius 3 is 2.45 bits per heavy atom. The Balaban J connectivity index is 1.76. The summed E-state index contributed by atoms with van der Waals surface area (Å²) >= 11 is 4.77. The number of ether oxygens (including phenoxy) is 3. The molecule has 0 spiro atoms.